The van der Waals surface area contributed by atoms with Gasteiger partial charge in [0.15, 0.2) is 0 Å². The molecule has 0 aromatic rings. The lowest BCUT2D eigenvalue weighted by molar-refractivity contribution is -0.179. The van der Waals surface area contributed by atoms with Crippen molar-refractivity contribution in [2.75, 3.05) is 18.4 Å². The molecule has 0 bridgehead atoms. The largest absolute Gasteiger partial charge is 0.462 e. The number of hydrogen-bond donors (Lipinski definition) is 0. The number of halogens is 2. The number of esters is 3. The summed E-state index contributed by atoms with van der Waals surface area (Å²) in [7, 11) is 0. The van der Waals surface area contributed by atoms with Crippen LogP contribution in [0.5, 0.6) is 0 Å². The number of carbonyl (C=O) groups excluding carboxylic acids is 3. The first kappa shape index (κ1) is 17.0. The van der Waals surface area contributed by atoms with E-state index in [0.717, 1.165) is 0 Å². The number of rotatable bonds is 6. The monoisotopic (exact) mass is 328 g/mol. The van der Waals surface area contributed by atoms with Crippen LogP contribution in [-0.4, -0.2) is 54.8 Å². The molecule has 0 spiro atoms. The van der Waals surface area contributed by atoms with Crippen LogP contribution in [0, 0.1) is 0 Å². The van der Waals surface area contributed by atoms with Crippen LogP contribution in [0.15, 0.2) is 0 Å². The molecule has 0 aromatic heterocycles. The molecule has 0 amide bonds. The summed E-state index contributed by atoms with van der Waals surface area (Å²) >= 11 is 10.6. The van der Waals surface area contributed by atoms with Crippen molar-refractivity contribution in [2.45, 2.75) is 31.8 Å². The molecule has 1 rings (SSSR count). The minimum atomic E-state index is -0.861. The van der Waals surface area contributed by atoms with Gasteiger partial charge in [0.05, 0.1) is 6.42 Å². The topological polar surface area (TPSA) is 88.1 Å². The maximum Gasteiger partial charge on any atom is 0.321 e. The predicted molar refractivity (Wildman–Crippen MR) is 67.3 cm³/mol. The molecule has 1 unspecified atom stereocenters. The van der Waals surface area contributed by atoms with Crippen molar-refractivity contribution in [3.63, 3.8) is 0 Å². The van der Waals surface area contributed by atoms with Crippen LogP contribution in [0.1, 0.15) is 13.3 Å². The van der Waals surface area contributed by atoms with Crippen LogP contribution >= 0.6 is 23.2 Å². The molecule has 3 atom stereocenters. The molecule has 0 radical (unpaired) electrons. The van der Waals surface area contributed by atoms with Crippen molar-refractivity contribution in [3.05, 3.63) is 0 Å². The van der Waals surface area contributed by atoms with Gasteiger partial charge in [0.25, 0.3) is 0 Å². The Morgan fingerprint density at radius 2 is 1.80 bits per heavy atom. The van der Waals surface area contributed by atoms with Crippen LogP contribution in [0.3, 0.4) is 0 Å². The highest BCUT2D eigenvalue weighted by atomic mass is 35.5. The predicted octanol–water partition coefficient (Wildman–Crippen LogP) is 0.597. The van der Waals surface area contributed by atoms with E-state index >= 15 is 0 Å². The fourth-order valence-corrected chi connectivity index (χ4v) is 1.77. The molecule has 1 heterocycles. The van der Waals surface area contributed by atoms with E-state index in [-0.39, 0.29) is 24.8 Å². The Morgan fingerprint density at radius 3 is 2.35 bits per heavy atom. The Balaban J connectivity index is 2.58. The van der Waals surface area contributed by atoms with Gasteiger partial charge in [-0.2, -0.15) is 0 Å². The lowest BCUT2D eigenvalue weighted by Gasteiger charge is -2.17. The Hall–Kier alpha value is -1.05. The van der Waals surface area contributed by atoms with Gasteiger partial charge in [0.2, 0.25) is 6.29 Å². The van der Waals surface area contributed by atoms with Gasteiger partial charge in [-0.05, 0) is 0 Å². The van der Waals surface area contributed by atoms with Crippen LogP contribution in [0.4, 0.5) is 0 Å². The summed E-state index contributed by atoms with van der Waals surface area (Å²) in [5.74, 6) is -2.42. The molecule has 20 heavy (non-hydrogen) atoms. The van der Waals surface area contributed by atoms with Crippen LogP contribution in [0.25, 0.3) is 0 Å². The maximum atomic E-state index is 11.2. The number of carbonyl (C=O) groups is 3. The molecule has 114 valence electrons. The van der Waals surface area contributed by atoms with Crippen LogP contribution in [-0.2, 0) is 33.3 Å². The van der Waals surface area contributed by atoms with Crippen molar-refractivity contribution in [2.24, 2.45) is 0 Å². The zero-order valence-electron chi connectivity index (χ0n) is 10.7. The van der Waals surface area contributed by atoms with E-state index in [1.54, 1.807) is 0 Å². The van der Waals surface area contributed by atoms with Crippen molar-refractivity contribution < 1.29 is 33.3 Å². The second-order valence-corrected chi connectivity index (χ2v) is 4.46. The fraction of sp³-hybridized carbons (Fsp3) is 0.727. The molecule has 1 aliphatic rings. The Kier molecular flexibility index (Phi) is 7.04. The normalized spacial score (nSPS) is 25.1. The molecular formula is C11H14Cl2O7. The molecule has 1 saturated heterocycles. The molecule has 7 nitrogen and oxygen atoms in total. The Bertz CT molecular complexity index is 374. The molecular weight excluding hydrogens is 315 g/mol. The van der Waals surface area contributed by atoms with Gasteiger partial charge in [-0.1, -0.05) is 0 Å². The van der Waals surface area contributed by atoms with E-state index in [1.165, 1.54) is 6.92 Å². The van der Waals surface area contributed by atoms with Gasteiger partial charge in [0, 0.05) is 6.92 Å². The molecule has 0 aliphatic carbocycles. The second-order valence-electron chi connectivity index (χ2n) is 3.93. The van der Waals surface area contributed by atoms with E-state index in [4.69, 9.17) is 42.1 Å². The third-order valence-corrected chi connectivity index (χ3v) is 2.81. The lowest BCUT2D eigenvalue weighted by Crippen LogP contribution is -2.32. The first-order chi connectivity index (χ1) is 9.46. The van der Waals surface area contributed by atoms with E-state index in [1.807, 2.05) is 0 Å². The first-order valence-electron chi connectivity index (χ1n) is 5.76. The van der Waals surface area contributed by atoms with Crippen molar-refractivity contribution in [1.82, 2.24) is 0 Å². The van der Waals surface area contributed by atoms with Gasteiger partial charge in [-0.25, -0.2) is 0 Å². The zero-order chi connectivity index (χ0) is 15.1. The summed E-state index contributed by atoms with van der Waals surface area (Å²) in [5.41, 5.74) is 0. The van der Waals surface area contributed by atoms with Gasteiger partial charge < -0.3 is 18.9 Å². The molecule has 0 saturated carbocycles. The number of ether oxygens (including phenoxy) is 4. The summed E-state index contributed by atoms with van der Waals surface area (Å²) in [5, 5.41) is 0. The highest BCUT2D eigenvalue weighted by molar-refractivity contribution is 6.26. The highest BCUT2D eigenvalue weighted by Crippen LogP contribution is 2.25. The Labute approximate surface area is 125 Å². The van der Waals surface area contributed by atoms with Crippen LogP contribution < -0.4 is 0 Å². The summed E-state index contributed by atoms with van der Waals surface area (Å²) in [6.45, 7) is 1.06. The zero-order valence-corrected chi connectivity index (χ0v) is 12.2. The Morgan fingerprint density at radius 1 is 1.15 bits per heavy atom. The van der Waals surface area contributed by atoms with E-state index in [2.05, 4.69) is 0 Å². The van der Waals surface area contributed by atoms with Crippen LogP contribution in [0.2, 0.25) is 0 Å². The summed E-state index contributed by atoms with van der Waals surface area (Å²) < 4.78 is 20.1. The van der Waals surface area contributed by atoms with Crippen molar-refractivity contribution in [3.8, 4) is 0 Å². The van der Waals surface area contributed by atoms with E-state index < -0.39 is 36.4 Å². The summed E-state index contributed by atoms with van der Waals surface area (Å²) in [6, 6.07) is 0. The second kappa shape index (κ2) is 8.28. The minimum absolute atomic E-state index is 0.144. The quantitative estimate of drug-likeness (QED) is 0.400. The SMILES string of the molecule is CC(=O)OC1C[C@H](OC(=O)CCl)[C@@H](COC(=O)CCl)O1. The average Bonchev–Trinajstić information content (AvgIpc) is 2.76. The number of alkyl halides is 2. The average molecular weight is 329 g/mol. The minimum Gasteiger partial charge on any atom is -0.462 e. The van der Waals surface area contributed by atoms with E-state index in [0.29, 0.717) is 0 Å². The lowest BCUT2D eigenvalue weighted by atomic mass is 10.2. The number of hydrogen-bond acceptors (Lipinski definition) is 7. The summed E-state index contributed by atoms with van der Waals surface area (Å²) in [4.78, 5) is 33.0. The molecule has 0 aromatic carbocycles. The van der Waals surface area contributed by atoms with Gasteiger partial charge >= 0.3 is 17.9 Å². The highest BCUT2D eigenvalue weighted by Gasteiger charge is 2.40. The molecule has 1 aliphatic heterocycles. The molecule has 0 N–H and O–H groups in total. The molecule has 1 fully saturated rings. The van der Waals surface area contributed by atoms with Crippen molar-refractivity contribution >= 4 is 41.1 Å². The first-order valence-corrected chi connectivity index (χ1v) is 6.82. The van der Waals surface area contributed by atoms with Gasteiger partial charge in [0.1, 0.15) is 30.6 Å². The third kappa shape index (κ3) is 5.52. The van der Waals surface area contributed by atoms with E-state index in [9.17, 15) is 14.4 Å². The fourth-order valence-electron chi connectivity index (χ4n) is 1.63. The van der Waals surface area contributed by atoms with Gasteiger partial charge in [-0.15, -0.1) is 23.2 Å². The standard InChI is InChI=1S/C11H14Cl2O7/c1-6(14)18-11-2-7(19-10(16)4-13)8(20-11)5-17-9(15)3-12/h7-8,11H,2-5H2,1H3/t7-,8+,11?/m0/s1. The maximum absolute atomic E-state index is 11.2. The third-order valence-electron chi connectivity index (χ3n) is 2.37. The van der Waals surface area contributed by atoms with Crippen molar-refractivity contribution in [1.29, 1.82) is 0 Å². The van der Waals surface area contributed by atoms with Gasteiger partial charge in [-0.3, -0.25) is 14.4 Å². The summed E-state index contributed by atoms with van der Waals surface area (Å²) in [6.07, 6.45) is -2.17. The smallest absolute Gasteiger partial charge is 0.321 e. The molecule has 9 heteroatoms.